The van der Waals surface area contributed by atoms with Gasteiger partial charge in [0.2, 0.25) is 17.7 Å². The number of aromatic nitrogens is 3. The molecule has 3 atom stereocenters. The number of nitrogens with one attached hydrogen (secondary N) is 1. The van der Waals surface area contributed by atoms with Crippen LogP contribution >= 0.6 is 0 Å². The molecule has 3 amide bonds. The van der Waals surface area contributed by atoms with Gasteiger partial charge in [0, 0.05) is 18.4 Å². The predicted molar refractivity (Wildman–Crippen MR) is 123 cm³/mol. The summed E-state index contributed by atoms with van der Waals surface area (Å²) < 4.78 is 1.77. The maximum absolute atomic E-state index is 13.2. The van der Waals surface area contributed by atoms with Crippen molar-refractivity contribution < 1.29 is 14.4 Å². The lowest BCUT2D eigenvalue weighted by Crippen LogP contribution is -2.50. The highest BCUT2D eigenvalue weighted by atomic mass is 16.2. The number of likely N-dealkylation sites (tertiary alicyclic amines) is 1. The topological polar surface area (TPSA) is 97.2 Å². The zero-order chi connectivity index (χ0) is 23.7. The Morgan fingerprint density at radius 3 is 2.30 bits per heavy atom. The average molecular weight is 450 g/mol. The molecular formula is C25H31N5O3. The highest BCUT2D eigenvalue weighted by molar-refractivity contribution is 6.08. The van der Waals surface area contributed by atoms with Gasteiger partial charge in [0.15, 0.2) is 5.82 Å². The zero-order valence-corrected chi connectivity index (χ0v) is 19.6. The molecule has 174 valence electrons. The second kappa shape index (κ2) is 9.29. The van der Waals surface area contributed by atoms with Crippen molar-refractivity contribution in [3.8, 4) is 5.82 Å². The molecule has 0 bridgehead atoms. The van der Waals surface area contributed by atoms with Crippen LogP contribution in [0.4, 0.5) is 0 Å². The van der Waals surface area contributed by atoms with Gasteiger partial charge < -0.3 is 5.32 Å². The standard InChI is InChI=1S/C25H31N5O3/c1-15(2)11-21(29-24(32)19-7-5-6-8-20(19)25(29)33)23(31)27-14-18-9-10-22(26-13-18)30-17(4)12-16(3)28-30/h5-6,9-10,12-13,15,19-21H,7-8,11,14H2,1-4H3,(H,27,31). The number of hydrogen-bond acceptors (Lipinski definition) is 5. The molecule has 1 saturated heterocycles. The molecule has 1 N–H and O–H groups in total. The number of allylic oxidation sites excluding steroid dienone is 2. The van der Waals surface area contributed by atoms with E-state index in [9.17, 15) is 14.4 Å². The Morgan fingerprint density at radius 1 is 1.12 bits per heavy atom. The van der Waals surface area contributed by atoms with Gasteiger partial charge in [-0.15, -0.1) is 0 Å². The first-order valence-corrected chi connectivity index (χ1v) is 11.5. The van der Waals surface area contributed by atoms with Crippen LogP contribution in [0.2, 0.25) is 0 Å². The Kier molecular flexibility index (Phi) is 6.44. The summed E-state index contributed by atoms with van der Waals surface area (Å²) in [4.78, 5) is 44.9. The lowest BCUT2D eigenvalue weighted by molar-refractivity contribution is -0.148. The number of aryl methyl sites for hydroxylation is 2. The Balaban J connectivity index is 1.45. The van der Waals surface area contributed by atoms with E-state index in [1.807, 2.05) is 58.0 Å². The lowest BCUT2D eigenvalue weighted by Gasteiger charge is -2.27. The number of carbonyl (C=O) groups is 3. The molecule has 0 spiro atoms. The molecule has 3 unspecified atom stereocenters. The largest absolute Gasteiger partial charge is 0.350 e. The van der Waals surface area contributed by atoms with E-state index in [1.165, 1.54) is 4.90 Å². The molecule has 1 aliphatic heterocycles. The molecule has 2 aromatic heterocycles. The third-order valence-electron chi connectivity index (χ3n) is 6.35. The molecule has 33 heavy (non-hydrogen) atoms. The minimum Gasteiger partial charge on any atom is -0.350 e. The van der Waals surface area contributed by atoms with Crippen LogP contribution in [-0.4, -0.2) is 43.4 Å². The van der Waals surface area contributed by atoms with Crippen LogP contribution in [0, 0.1) is 31.6 Å². The van der Waals surface area contributed by atoms with E-state index >= 15 is 0 Å². The van der Waals surface area contributed by atoms with Gasteiger partial charge >= 0.3 is 0 Å². The molecule has 2 aliphatic rings. The fourth-order valence-electron chi connectivity index (χ4n) is 4.72. The fraction of sp³-hybridized carbons (Fsp3) is 0.480. The summed E-state index contributed by atoms with van der Waals surface area (Å²) in [5, 5.41) is 7.35. The third-order valence-corrected chi connectivity index (χ3v) is 6.35. The van der Waals surface area contributed by atoms with E-state index < -0.39 is 6.04 Å². The van der Waals surface area contributed by atoms with Gasteiger partial charge in [-0.2, -0.15) is 5.10 Å². The summed E-state index contributed by atoms with van der Waals surface area (Å²) in [6.07, 6.45) is 7.18. The van der Waals surface area contributed by atoms with Crippen molar-refractivity contribution in [1.29, 1.82) is 0 Å². The van der Waals surface area contributed by atoms with E-state index in [0.29, 0.717) is 25.1 Å². The Morgan fingerprint density at radius 2 is 1.79 bits per heavy atom. The Bertz CT molecular complexity index is 1060. The molecule has 8 nitrogen and oxygen atoms in total. The van der Waals surface area contributed by atoms with Gasteiger partial charge in [0.05, 0.1) is 17.5 Å². The number of pyridine rings is 1. The Hall–Kier alpha value is -3.29. The molecule has 8 heteroatoms. The van der Waals surface area contributed by atoms with Crippen molar-refractivity contribution in [3.63, 3.8) is 0 Å². The molecular weight excluding hydrogens is 418 g/mol. The number of hydrogen-bond donors (Lipinski definition) is 1. The summed E-state index contributed by atoms with van der Waals surface area (Å²) in [6.45, 7) is 8.14. The first-order valence-electron chi connectivity index (χ1n) is 11.5. The van der Waals surface area contributed by atoms with Gasteiger partial charge in [-0.25, -0.2) is 9.67 Å². The van der Waals surface area contributed by atoms with Gasteiger partial charge in [-0.1, -0.05) is 32.1 Å². The second-order valence-electron chi connectivity index (χ2n) is 9.43. The van der Waals surface area contributed by atoms with E-state index in [4.69, 9.17) is 0 Å². The van der Waals surface area contributed by atoms with Crippen LogP contribution in [0.5, 0.6) is 0 Å². The van der Waals surface area contributed by atoms with Crippen LogP contribution in [0.25, 0.3) is 5.82 Å². The summed E-state index contributed by atoms with van der Waals surface area (Å²) in [6, 6.07) is 4.94. The van der Waals surface area contributed by atoms with E-state index in [1.54, 1.807) is 10.9 Å². The summed E-state index contributed by atoms with van der Waals surface area (Å²) in [7, 11) is 0. The minimum absolute atomic E-state index is 0.156. The molecule has 1 aliphatic carbocycles. The lowest BCUT2D eigenvalue weighted by atomic mass is 9.85. The van der Waals surface area contributed by atoms with Crippen molar-refractivity contribution >= 4 is 17.7 Å². The normalized spacial score (nSPS) is 20.9. The van der Waals surface area contributed by atoms with Gasteiger partial charge in [-0.3, -0.25) is 19.3 Å². The number of carbonyl (C=O) groups excluding carboxylic acids is 3. The first kappa shape index (κ1) is 22.9. The van der Waals surface area contributed by atoms with Crippen LogP contribution < -0.4 is 5.32 Å². The first-order chi connectivity index (χ1) is 15.8. The van der Waals surface area contributed by atoms with Crippen molar-refractivity contribution in [2.45, 2.75) is 59.5 Å². The van der Waals surface area contributed by atoms with Crippen LogP contribution in [0.15, 0.2) is 36.5 Å². The fourth-order valence-corrected chi connectivity index (χ4v) is 4.72. The minimum atomic E-state index is -0.794. The third kappa shape index (κ3) is 4.60. The van der Waals surface area contributed by atoms with E-state index in [0.717, 1.165) is 17.0 Å². The van der Waals surface area contributed by atoms with Gasteiger partial charge in [0.1, 0.15) is 6.04 Å². The van der Waals surface area contributed by atoms with E-state index in [2.05, 4.69) is 15.4 Å². The number of nitrogens with zero attached hydrogens (tertiary/aromatic N) is 4. The van der Waals surface area contributed by atoms with Crippen molar-refractivity contribution in [2.75, 3.05) is 0 Å². The number of imide groups is 1. The van der Waals surface area contributed by atoms with Crippen molar-refractivity contribution in [2.24, 2.45) is 17.8 Å². The molecule has 4 rings (SSSR count). The van der Waals surface area contributed by atoms with Crippen LogP contribution in [0.1, 0.15) is 50.1 Å². The summed E-state index contributed by atoms with van der Waals surface area (Å²) in [5.74, 6) is -0.550. The summed E-state index contributed by atoms with van der Waals surface area (Å²) in [5.41, 5.74) is 2.74. The molecule has 0 saturated carbocycles. The van der Waals surface area contributed by atoms with Crippen molar-refractivity contribution in [3.05, 3.63) is 53.5 Å². The molecule has 0 radical (unpaired) electrons. The SMILES string of the molecule is Cc1cc(C)n(-c2ccc(CNC(=O)C(CC(C)C)N3C(=O)C4CC=CCC4C3=O)cn2)n1. The van der Waals surface area contributed by atoms with Crippen LogP contribution in [0.3, 0.4) is 0 Å². The molecule has 0 aromatic carbocycles. The molecule has 2 aromatic rings. The highest BCUT2D eigenvalue weighted by Gasteiger charge is 2.51. The predicted octanol–water partition coefficient (Wildman–Crippen LogP) is 2.87. The number of amides is 3. The Labute approximate surface area is 194 Å². The quantitative estimate of drug-likeness (QED) is 0.518. The zero-order valence-electron chi connectivity index (χ0n) is 19.6. The van der Waals surface area contributed by atoms with Crippen molar-refractivity contribution in [1.82, 2.24) is 25.0 Å². The number of fused-ring (bicyclic) bond motifs is 1. The maximum atomic E-state index is 13.2. The number of rotatable bonds is 7. The van der Waals surface area contributed by atoms with Crippen LogP contribution in [-0.2, 0) is 20.9 Å². The highest BCUT2D eigenvalue weighted by Crippen LogP contribution is 2.37. The van der Waals surface area contributed by atoms with Gasteiger partial charge in [-0.05, 0) is 56.7 Å². The van der Waals surface area contributed by atoms with E-state index in [-0.39, 0.29) is 42.0 Å². The maximum Gasteiger partial charge on any atom is 0.243 e. The molecule has 1 fully saturated rings. The molecule has 3 heterocycles. The summed E-state index contributed by atoms with van der Waals surface area (Å²) >= 11 is 0. The average Bonchev–Trinajstić information content (AvgIpc) is 3.26. The van der Waals surface area contributed by atoms with Gasteiger partial charge in [0.25, 0.3) is 0 Å². The second-order valence-corrected chi connectivity index (χ2v) is 9.43. The monoisotopic (exact) mass is 449 g/mol. The smallest absolute Gasteiger partial charge is 0.243 e.